The number of aryl methyl sites for hydroxylation is 2. The summed E-state index contributed by atoms with van der Waals surface area (Å²) in [6, 6.07) is 6.77. The van der Waals surface area contributed by atoms with Gasteiger partial charge in [-0.05, 0) is 31.6 Å². The van der Waals surface area contributed by atoms with Gasteiger partial charge in [0.05, 0.1) is 5.92 Å². The van der Waals surface area contributed by atoms with E-state index in [0.717, 1.165) is 42.7 Å². The molecular formula is C16H21O2Y+2. The van der Waals surface area contributed by atoms with Crippen molar-refractivity contribution in [1.29, 1.82) is 0 Å². The average molecular weight is 334 g/mol. The molecule has 0 amide bonds. The normalized spacial score (nSPS) is 22.5. The molecule has 0 unspecified atom stereocenters. The van der Waals surface area contributed by atoms with E-state index in [0.29, 0.717) is 5.75 Å². The third-order valence-corrected chi connectivity index (χ3v) is 3.95. The van der Waals surface area contributed by atoms with E-state index in [1.54, 1.807) is 6.07 Å². The first-order valence-corrected chi connectivity index (χ1v) is 6.77. The molecule has 1 saturated carbocycles. The van der Waals surface area contributed by atoms with Gasteiger partial charge in [0, 0.05) is 5.75 Å². The molecule has 0 aromatic heterocycles. The third kappa shape index (κ3) is 4.68. The molecule has 0 aliphatic heterocycles. The van der Waals surface area contributed by atoms with Gasteiger partial charge in [0.15, 0.2) is 0 Å². The van der Waals surface area contributed by atoms with Gasteiger partial charge in [-0.15, -0.1) is 12.1 Å². The predicted octanol–water partition coefficient (Wildman–Crippen LogP) is 3.83. The Bertz CT molecular complexity index is 434. The Labute approximate surface area is 141 Å². The second-order valence-corrected chi connectivity index (χ2v) is 5.52. The number of rotatable bonds is 2. The molecule has 1 aliphatic carbocycles. The maximum absolute atomic E-state index is 12.0. The van der Waals surface area contributed by atoms with Crippen molar-refractivity contribution >= 4 is 5.97 Å². The SMILES string of the molecule is Cc1[c-]cc(OC(=O)C2CCC(C)CC2)cc1C.[Y+3]. The molecular weight excluding hydrogens is 313 g/mol. The number of hydrogen-bond acceptors (Lipinski definition) is 2. The van der Waals surface area contributed by atoms with Crippen LogP contribution in [0.15, 0.2) is 12.1 Å². The van der Waals surface area contributed by atoms with E-state index in [4.69, 9.17) is 4.74 Å². The number of esters is 1. The van der Waals surface area contributed by atoms with E-state index in [-0.39, 0.29) is 44.6 Å². The van der Waals surface area contributed by atoms with Gasteiger partial charge in [0.2, 0.25) is 0 Å². The molecule has 1 aliphatic rings. The standard InChI is InChI=1S/C16H21O2.Y/c1-11-4-7-14(8-5-11)16(17)18-15-9-6-12(2)13(3)10-15;/h9-11,14H,4-5,7-8H2,1-3H3;/q-1;+3. The molecule has 0 saturated heterocycles. The van der Waals surface area contributed by atoms with Crippen molar-refractivity contribution in [3.8, 4) is 5.75 Å². The number of hydrogen-bond donors (Lipinski definition) is 0. The second kappa shape index (κ2) is 7.54. The summed E-state index contributed by atoms with van der Waals surface area (Å²) in [5.74, 6) is 1.40. The maximum Gasteiger partial charge on any atom is 3.00 e. The van der Waals surface area contributed by atoms with E-state index in [9.17, 15) is 4.79 Å². The number of carbonyl (C=O) groups is 1. The zero-order valence-corrected chi connectivity index (χ0v) is 14.9. The summed E-state index contributed by atoms with van der Waals surface area (Å²) in [6.07, 6.45) is 4.21. The van der Waals surface area contributed by atoms with Crippen molar-refractivity contribution in [2.75, 3.05) is 0 Å². The monoisotopic (exact) mass is 334 g/mol. The minimum Gasteiger partial charge on any atom is -0.490 e. The summed E-state index contributed by atoms with van der Waals surface area (Å²) in [7, 11) is 0. The maximum atomic E-state index is 12.0. The van der Waals surface area contributed by atoms with Crippen LogP contribution in [0.25, 0.3) is 0 Å². The van der Waals surface area contributed by atoms with Crippen LogP contribution in [0.5, 0.6) is 5.75 Å². The zero-order chi connectivity index (χ0) is 13.1. The minimum absolute atomic E-state index is 0. The van der Waals surface area contributed by atoms with Crippen LogP contribution >= 0.6 is 0 Å². The Hall–Kier alpha value is -0.206. The van der Waals surface area contributed by atoms with Gasteiger partial charge < -0.3 is 4.74 Å². The van der Waals surface area contributed by atoms with Crippen molar-refractivity contribution in [3.63, 3.8) is 0 Å². The minimum atomic E-state index is -0.0708. The van der Waals surface area contributed by atoms with Crippen LogP contribution in [0.4, 0.5) is 0 Å². The topological polar surface area (TPSA) is 26.3 Å². The van der Waals surface area contributed by atoms with Gasteiger partial charge >= 0.3 is 38.7 Å². The molecule has 2 rings (SSSR count). The van der Waals surface area contributed by atoms with Crippen molar-refractivity contribution in [3.05, 3.63) is 29.3 Å². The molecule has 1 aromatic carbocycles. The van der Waals surface area contributed by atoms with Crippen molar-refractivity contribution in [2.45, 2.75) is 46.5 Å². The molecule has 2 nitrogen and oxygen atoms in total. The van der Waals surface area contributed by atoms with Gasteiger partial charge in [-0.3, -0.25) is 4.79 Å². The van der Waals surface area contributed by atoms with Crippen molar-refractivity contribution < 1.29 is 42.2 Å². The number of benzene rings is 1. The van der Waals surface area contributed by atoms with Gasteiger partial charge in [-0.1, -0.05) is 20.8 Å². The molecule has 0 spiro atoms. The Morgan fingerprint density at radius 1 is 1.26 bits per heavy atom. The first-order valence-electron chi connectivity index (χ1n) is 6.77. The summed E-state index contributed by atoms with van der Waals surface area (Å²) >= 11 is 0. The Balaban J connectivity index is 0.00000180. The molecule has 0 radical (unpaired) electrons. The molecule has 98 valence electrons. The van der Waals surface area contributed by atoms with Crippen LogP contribution in [0.1, 0.15) is 43.7 Å². The fourth-order valence-corrected chi connectivity index (χ4v) is 2.41. The molecule has 0 atom stereocenters. The van der Waals surface area contributed by atoms with Gasteiger partial charge in [-0.25, -0.2) is 0 Å². The number of carbonyl (C=O) groups excluding carboxylic acids is 1. The van der Waals surface area contributed by atoms with Crippen LogP contribution in [0.3, 0.4) is 0 Å². The van der Waals surface area contributed by atoms with Crippen LogP contribution in [0.2, 0.25) is 0 Å². The molecule has 1 fully saturated rings. The molecule has 19 heavy (non-hydrogen) atoms. The van der Waals surface area contributed by atoms with E-state index in [1.807, 2.05) is 19.9 Å². The van der Waals surface area contributed by atoms with Crippen LogP contribution in [-0.4, -0.2) is 5.97 Å². The van der Waals surface area contributed by atoms with Gasteiger partial charge in [0.25, 0.3) is 0 Å². The summed E-state index contributed by atoms with van der Waals surface area (Å²) in [4.78, 5) is 12.0. The van der Waals surface area contributed by atoms with Crippen LogP contribution in [-0.2, 0) is 37.5 Å². The van der Waals surface area contributed by atoms with Crippen LogP contribution < -0.4 is 4.74 Å². The first-order chi connectivity index (χ1) is 8.56. The summed E-state index contributed by atoms with van der Waals surface area (Å²) in [6.45, 7) is 6.26. The Morgan fingerprint density at radius 3 is 2.47 bits per heavy atom. The third-order valence-electron chi connectivity index (χ3n) is 3.95. The Kier molecular flexibility index (Phi) is 6.69. The predicted molar refractivity (Wildman–Crippen MR) is 71.5 cm³/mol. The van der Waals surface area contributed by atoms with Gasteiger partial charge in [0.1, 0.15) is 0 Å². The summed E-state index contributed by atoms with van der Waals surface area (Å²) in [5, 5.41) is 0. The molecule has 0 heterocycles. The average Bonchev–Trinajstić information content (AvgIpc) is 2.34. The first kappa shape index (κ1) is 16.8. The molecule has 3 heteroatoms. The van der Waals surface area contributed by atoms with Gasteiger partial charge in [-0.2, -0.15) is 17.2 Å². The largest absolute Gasteiger partial charge is 3.00 e. The van der Waals surface area contributed by atoms with Crippen LogP contribution in [0, 0.1) is 31.7 Å². The summed E-state index contributed by atoms with van der Waals surface area (Å²) in [5.41, 5.74) is 2.21. The fourth-order valence-electron chi connectivity index (χ4n) is 2.41. The quantitative estimate of drug-likeness (QED) is 0.467. The molecule has 0 N–H and O–H groups in total. The van der Waals surface area contributed by atoms with E-state index < -0.39 is 0 Å². The smallest absolute Gasteiger partial charge is 0.490 e. The molecule has 0 bridgehead atoms. The van der Waals surface area contributed by atoms with Crippen molar-refractivity contribution in [2.24, 2.45) is 11.8 Å². The van der Waals surface area contributed by atoms with E-state index in [1.165, 1.54) is 0 Å². The second-order valence-electron chi connectivity index (χ2n) is 5.52. The Morgan fingerprint density at radius 2 is 1.89 bits per heavy atom. The summed E-state index contributed by atoms with van der Waals surface area (Å²) < 4.78 is 5.45. The fraction of sp³-hybridized carbons (Fsp3) is 0.562. The van der Waals surface area contributed by atoms with E-state index in [2.05, 4.69) is 13.0 Å². The van der Waals surface area contributed by atoms with Crippen molar-refractivity contribution in [1.82, 2.24) is 0 Å². The molecule has 1 aromatic rings. The number of ether oxygens (including phenoxy) is 1. The van der Waals surface area contributed by atoms with E-state index >= 15 is 0 Å². The zero-order valence-electron chi connectivity index (χ0n) is 12.0.